The molecule has 5 aromatic rings. The fourth-order valence-electron chi connectivity index (χ4n) is 5.22. The van der Waals surface area contributed by atoms with Gasteiger partial charge in [-0.2, -0.15) is 0 Å². The second kappa shape index (κ2) is 9.32. The van der Waals surface area contributed by atoms with Crippen molar-refractivity contribution in [3.63, 3.8) is 0 Å². The zero-order valence-electron chi connectivity index (χ0n) is 19.8. The molecule has 0 radical (unpaired) electrons. The number of carbonyl (C=O) groups excluding carboxylic acids is 3. The molecule has 4 aromatic carbocycles. The van der Waals surface area contributed by atoms with E-state index < -0.39 is 17.9 Å². The molecule has 180 valence electrons. The van der Waals surface area contributed by atoms with E-state index in [-0.39, 0.29) is 17.6 Å². The van der Waals surface area contributed by atoms with E-state index in [0.717, 1.165) is 5.56 Å². The summed E-state index contributed by atoms with van der Waals surface area (Å²) in [5, 5.41) is 2.98. The highest BCUT2D eigenvalue weighted by molar-refractivity contribution is 6.07. The lowest BCUT2D eigenvalue weighted by atomic mass is 9.74. The topological polar surface area (TPSA) is 81.1 Å². The summed E-state index contributed by atoms with van der Waals surface area (Å²) in [5.41, 5.74) is 2.98. The number of nitrogens with one attached hydrogen (secondary N) is 1. The van der Waals surface area contributed by atoms with Crippen molar-refractivity contribution >= 4 is 28.6 Å². The molecule has 1 amide bonds. The smallest absolute Gasteiger partial charge is 0.255 e. The minimum absolute atomic E-state index is 0.155. The van der Waals surface area contributed by atoms with Gasteiger partial charge in [0, 0.05) is 17.0 Å². The van der Waals surface area contributed by atoms with E-state index in [2.05, 4.69) is 5.32 Å². The summed E-state index contributed by atoms with van der Waals surface area (Å²) >= 11 is 0. The molecule has 0 bridgehead atoms. The number of hydrogen-bond donors (Lipinski definition) is 1. The first-order valence-corrected chi connectivity index (χ1v) is 12.1. The summed E-state index contributed by atoms with van der Waals surface area (Å²) in [6.45, 7) is 0. The number of aromatic nitrogens is 2. The summed E-state index contributed by atoms with van der Waals surface area (Å²) in [6.07, 6.45) is 0. The molecule has 1 N–H and O–H groups in total. The van der Waals surface area contributed by atoms with Crippen molar-refractivity contribution < 1.29 is 14.4 Å². The van der Waals surface area contributed by atoms with Crippen LogP contribution in [0, 0.1) is 0 Å². The van der Waals surface area contributed by atoms with Crippen molar-refractivity contribution in [2.45, 2.75) is 17.9 Å². The van der Waals surface area contributed by atoms with Crippen LogP contribution in [0.15, 0.2) is 115 Å². The first-order valence-electron chi connectivity index (χ1n) is 12.1. The number of benzene rings is 4. The molecule has 1 aromatic heterocycles. The van der Waals surface area contributed by atoms with Gasteiger partial charge in [-0.15, -0.1) is 0 Å². The van der Waals surface area contributed by atoms with Crippen molar-refractivity contribution in [3.05, 3.63) is 138 Å². The van der Waals surface area contributed by atoms with Crippen LogP contribution in [-0.4, -0.2) is 33.2 Å². The van der Waals surface area contributed by atoms with Gasteiger partial charge in [0.05, 0.1) is 17.0 Å². The number of Topliss-reactive ketones (excluding diaryl/α,β-unsaturated/α-hetero) is 1. The van der Waals surface area contributed by atoms with Crippen molar-refractivity contribution in [2.75, 3.05) is 0 Å². The Bertz CT molecular complexity index is 1610. The van der Waals surface area contributed by atoms with Crippen molar-refractivity contribution in [3.8, 4) is 0 Å². The second-order valence-electron chi connectivity index (χ2n) is 9.09. The molecule has 6 nitrogen and oxygen atoms in total. The predicted molar refractivity (Wildman–Crippen MR) is 141 cm³/mol. The number of carbonyl (C=O) groups is 3. The molecule has 0 saturated heterocycles. The third-order valence-corrected chi connectivity index (χ3v) is 6.92. The molecule has 2 heterocycles. The Balaban J connectivity index is 1.57. The lowest BCUT2D eigenvalue weighted by Crippen LogP contribution is -2.53. The number of hydrogen-bond acceptors (Lipinski definition) is 4. The van der Waals surface area contributed by atoms with Gasteiger partial charge < -0.3 is 5.32 Å². The summed E-state index contributed by atoms with van der Waals surface area (Å²) < 4.78 is 1.51. The Kier molecular flexibility index (Phi) is 5.69. The minimum atomic E-state index is -0.988. The van der Waals surface area contributed by atoms with Gasteiger partial charge in [0.25, 0.3) is 11.8 Å². The van der Waals surface area contributed by atoms with E-state index in [1.807, 2.05) is 78.9 Å². The van der Waals surface area contributed by atoms with Crippen molar-refractivity contribution in [1.82, 2.24) is 14.9 Å². The number of fused-ring (bicyclic) bond motifs is 3. The highest BCUT2D eigenvalue weighted by atomic mass is 16.2. The van der Waals surface area contributed by atoms with E-state index in [4.69, 9.17) is 4.98 Å². The summed E-state index contributed by atoms with van der Waals surface area (Å²) in [4.78, 5) is 46.4. The van der Waals surface area contributed by atoms with Crippen LogP contribution < -0.4 is 5.32 Å². The minimum Gasteiger partial charge on any atom is -0.340 e. The molecule has 1 aliphatic rings. The maximum Gasteiger partial charge on any atom is 0.255 e. The normalized spacial score (nSPS) is 18.8. The molecule has 0 spiro atoms. The number of rotatable bonds is 5. The third-order valence-electron chi connectivity index (χ3n) is 6.92. The van der Waals surface area contributed by atoms with Crippen LogP contribution in [0.25, 0.3) is 11.0 Å². The van der Waals surface area contributed by atoms with Crippen molar-refractivity contribution in [2.24, 2.45) is 0 Å². The number of ketones is 1. The van der Waals surface area contributed by atoms with Gasteiger partial charge in [-0.3, -0.25) is 19.0 Å². The summed E-state index contributed by atoms with van der Waals surface area (Å²) in [6, 6.07) is 33.5. The zero-order valence-corrected chi connectivity index (χ0v) is 19.8. The average molecular weight is 486 g/mol. The Morgan fingerprint density at radius 3 is 1.95 bits per heavy atom. The number of amides is 1. The van der Waals surface area contributed by atoms with E-state index >= 15 is 0 Å². The Labute approximate surface area is 213 Å². The van der Waals surface area contributed by atoms with Crippen LogP contribution in [0.1, 0.15) is 48.7 Å². The van der Waals surface area contributed by atoms with E-state index in [9.17, 15) is 14.4 Å². The molecule has 0 fully saturated rings. The lowest BCUT2D eigenvalue weighted by molar-refractivity contribution is 0.0727. The largest absolute Gasteiger partial charge is 0.340 e. The number of nitrogens with zero attached hydrogens (tertiary/aromatic N) is 2. The third kappa shape index (κ3) is 3.93. The molecule has 0 saturated carbocycles. The quantitative estimate of drug-likeness (QED) is 0.345. The number of para-hydroxylation sites is 2. The van der Waals surface area contributed by atoms with Gasteiger partial charge in [-0.05, 0) is 29.8 Å². The molecule has 1 aliphatic heterocycles. The van der Waals surface area contributed by atoms with Crippen molar-refractivity contribution in [1.29, 1.82) is 0 Å². The second-order valence-corrected chi connectivity index (χ2v) is 9.09. The highest BCUT2D eigenvalue weighted by Gasteiger charge is 2.49. The SMILES string of the molecule is O=C(NC1C(=O)n2c(nc3ccccc32)C(C(=O)c2ccccc2)C1c1ccccc1)c1ccccc1. The molecular formula is C31H23N3O3. The van der Waals surface area contributed by atoms with Gasteiger partial charge >= 0.3 is 0 Å². The van der Waals surface area contributed by atoms with E-state index in [1.165, 1.54) is 4.57 Å². The van der Waals surface area contributed by atoms with Crippen LogP contribution in [-0.2, 0) is 0 Å². The first kappa shape index (κ1) is 22.6. The van der Waals surface area contributed by atoms with Gasteiger partial charge in [-0.25, -0.2) is 4.98 Å². The Morgan fingerprint density at radius 1 is 0.703 bits per heavy atom. The van der Waals surface area contributed by atoms with Crippen LogP contribution in [0.4, 0.5) is 0 Å². The molecule has 6 rings (SSSR count). The number of imidazole rings is 1. The average Bonchev–Trinajstić information content (AvgIpc) is 3.35. The highest BCUT2D eigenvalue weighted by Crippen LogP contribution is 2.43. The lowest BCUT2D eigenvalue weighted by Gasteiger charge is -2.37. The fourth-order valence-corrected chi connectivity index (χ4v) is 5.22. The molecule has 37 heavy (non-hydrogen) atoms. The Morgan fingerprint density at radius 2 is 1.27 bits per heavy atom. The van der Waals surface area contributed by atoms with Crippen LogP contribution >= 0.6 is 0 Å². The predicted octanol–water partition coefficient (Wildman–Crippen LogP) is 5.24. The first-order chi connectivity index (χ1) is 18.1. The maximum atomic E-state index is 14.2. The molecular weight excluding hydrogens is 462 g/mol. The van der Waals surface area contributed by atoms with Gasteiger partial charge in [0.1, 0.15) is 11.9 Å². The Hall–Kier alpha value is -4.84. The van der Waals surface area contributed by atoms with Crippen LogP contribution in [0.2, 0.25) is 0 Å². The molecule has 6 heteroatoms. The van der Waals surface area contributed by atoms with E-state index in [0.29, 0.717) is 28.0 Å². The standard InChI is InChI=1S/C31H23N3O3/c35-28(21-14-6-2-7-15-21)26-25(20-12-4-1-5-13-20)27(33-30(36)22-16-8-3-9-17-22)31(37)34-24-19-11-10-18-23(24)32-29(26)34/h1-19,25-27H,(H,33,36). The van der Waals surface area contributed by atoms with Crippen LogP contribution in [0.5, 0.6) is 0 Å². The van der Waals surface area contributed by atoms with Crippen LogP contribution in [0.3, 0.4) is 0 Å². The van der Waals surface area contributed by atoms with Gasteiger partial charge in [-0.1, -0.05) is 91.0 Å². The van der Waals surface area contributed by atoms with E-state index in [1.54, 1.807) is 36.4 Å². The summed E-state index contributed by atoms with van der Waals surface area (Å²) in [5.74, 6) is -1.91. The van der Waals surface area contributed by atoms with Gasteiger partial charge in [0.15, 0.2) is 5.78 Å². The zero-order chi connectivity index (χ0) is 25.4. The fraction of sp³-hybridized carbons (Fsp3) is 0.0968. The summed E-state index contributed by atoms with van der Waals surface area (Å²) in [7, 11) is 0. The van der Waals surface area contributed by atoms with Gasteiger partial charge in [0.2, 0.25) is 0 Å². The molecule has 3 atom stereocenters. The monoisotopic (exact) mass is 485 g/mol. The molecule has 3 unspecified atom stereocenters. The maximum absolute atomic E-state index is 14.2. The molecule has 0 aliphatic carbocycles.